The monoisotopic (exact) mass is 352 g/mol. The van der Waals surface area contributed by atoms with Crippen LogP contribution in [0.4, 0.5) is 10.1 Å². The Bertz CT molecular complexity index is 889. The number of para-hydroxylation sites is 1. The average molecular weight is 352 g/mol. The van der Waals surface area contributed by atoms with Crippen LogP contribution in [-0.4, -0.2) is 23.3 Å². The minimum absolute atomic E-state index is 0.230. The number of amides is 1. The fraction of sp³-hybridized carbons (Fsp3) is 0.250. The molecular weight excluding hydrogens is 335 g/mol. The van der Waals surface area contributed by atoms with Crippen molar-refractivity contribution in [3.05, 3.63) is 65.5 Å². The van der Waals surface area contributed by atoms with Gasteiger partial charge in [-0.15, -0.1) is 0 Å². The van der Waals surface area contributed by atoms with Crippen LogP contribution in [0.15, 0.2) is 48.5 Å². The molecule has 132 valence electrons. The lowest BCUT2D eigenvalue weighted by Gasteiger charge is -2.22. The molecule has 3 rings (SSSR count). The molecule has 0 aliphatic carbocycles. The third-order valence-electron chi connectivity index (χ3n) is 4.49. The van der Waals surface area contributed by atoms with E-state index in [2.05, 4.69) is 0 Å². The average Bonchev–Trinajstić information content (AvgIpc) is 2.84. The summed E-state index contributed by atoms with van der Waals surface area (Å²) < 4.78 is 13.0. The van der Waals surface area contributed by atoms with E-state index in [0.29, 0.717) is 24.1 Å². The molecule has 2 aromatic rings. The fourth-order valence-corrected chi connectivity index (χ4v) is 3.19. The molecule has 1 heterocycles. The van der Waals surface area contributed by atoms with Gasteiger partial charge in [0.05, 0.1) is 18.2 Å². The van der Waals surface area contributed by atoms with Crippen molar-refractivity contribution >= 4 is 17.4 Å². The molecule has 0 saturated carbocycles. The smallest absolute Gasteiger partial charge is 0.264 e. The van der Waals surface area contributed by atoms with Crippen LogP contribution in [-0.2, 0) is 10.4 Å². The molecule has 6 heteroatoms. The Hall–Kier alpha value is -3.04. The zero-order valence-electron chi connectivity index (χ0n) is 14.0. The van der Waals surface area contributed by atoms with E-state index < -0.39 is 29.5 Å². The van der Waals surface area contributed by atoms with Crippen LogP contribution in [0.2, 0.25) is 0 Å². The van der Waals surface area contributed by atoms with Gasteiger partial charge >= 0.3 is 0 Å². The zero-order valence-corrected chi connectivity index (χ0v) is 14.0. The Balaban J connectivity index is 1.90. The number of anilines is 1. The lowest BCUT2D eigenvalue weighted by atomic mass is 9.88. The van der Waals surface area contributed by atoms with E-state index >= 15 is 0 Å². The van der Waals surface area contributed by atoms with E-state index in [1.807, 2.05) is 6.07 Å². The summed E-state index contributed by atoms with van der Waals surface area (Å²) in [7, 11) is 0. The van der Waals surface area contributed by atoms with Gasteiger partial charge in [0.15, 0.2) is 11.4 Å². The normalized spacial score (nSPS) is 18.5. The molecule has 26 heavy (non-hydrogen) atoms. The van der Waals surface area contributed by atoms with E-state index in [0.717, 1.165) is 12.1 Å². The number of hydrogen-bond acceptors (Lipinski definition) is 4. The summed E-state index contributed by atoms with van der Waals surface area (Å²) in [6, 6.07) is 13.8. The molecule has 0 saturated heterocycles. The van der Waals surface area contributed by atoms with Crippen LogP contribution >= 0.6 is 0 Å². The highest BCUT2D eigenvalue weighted by molar-refractivity contribution is 6.10. The summed E-state index contributed by atoms with van der Waals surface area (Å²) in [5, 5.41) is 19.8. The number of halogens is 1. The van der Waals surface area contributed by atoms with E-state index in [1.165, 1.54) is 17.0 Å². The number of rotatable bonds is 6. The lowest BCUT2D eigenvalue weighted by Crippen LogP contribution is -2.42. The second-order valence-corrected chi connectivity index (χ2v) is 6.20. The number of nitriles is 1. The first-order valence-corrected chi connectivity index (χ1v) is 8.27. The van der Waals surface area contributed by atoms with Gasteiger partial charge in [-0.3, -0.25) is 9.59 Å². The summed E-state index contributed by atoms with van der Waals surface area (Å²) in [4.78, 5) is 26.8. The van der Waals surface area contributed by atoms with Gasteiger partial charge in [-0.05, 0) is 36.8 Å². The maximum Gasteiger partial charge on any atom is 0.264 e. The first-order valence-electron chi connectivity index (χ1n) is 8.27. The minimum atomic E-state index is -1.96. The van der Waals surface area contributed by atoms with Crippen molar-refractivity contribution in [1.29, 1.82) is 5.26 Å². The molecule has 2 aromatic carbocycles. The van der Waals surface area contributed by atoms with E-state index in [9.17, 15) is 19.1 Å². The van der Waals surface area contributed by atoms with Gasteiger partial charge in [0.25, 0.3) is 5.91 Å². The predicted octanol–water partition coefficient (Wildman–Crippen LogP) is 2.94. The Morgan fingerprint density at radius 1 is 1.19 bits per heavy atom. The van der Waals surface area contributed by atoms with E-state index in [4.69, 9.17) is 5.26 Å². The maximum atomic E-state index is 13.0. The summed E-state index contributed by atoms with van der Waals surface area (Å²) in [6.07, 6.45) is 0.334. The quantitative estimate of drug-likeness (QED) is 0.640. The molecule has 1 amide bonds. The highest BCUT2D eigenvalue weighted by atomic mass is 19.1. The number of unbranched alkanes of at least 4 members (excludes halogenated alkanes) is 1. The van der Waals surface area contributed by atoms with Gasteiger partial charge < -0.3 is 10.0 Å². The topological polar surface area (TPSA) is 81.4 Å². The molecule has 1 aliphatic rings. The van der Waals surface area contributed by atoms with Crippen LogP contribution in [0.3, 0.4) is 0 Å². The molecule has 1 aliphatic heterocycles. The number of carbonyl (C=O) groups excluding carboxylic acids is 2. The van der Waals surface area contributed by atoms with Crippen LogP contribution in [0.5, 0.6) is 0 Å². The highest BCUT2D eigenvalue weighted by Crippen LogP contribution is 2.42. The van der Waals surface area contributed by atoms with Gasteiger partial charge in [-0.25, -0.2) is 4.39 Å². The first kappa shape index (κ1) is 17.8. The zero-order chi connectivity index (χ0) is 18.7. The predicted molar refractivity (Wildman–Crippen MR) is 92.9 cm³/mol. The molecule has 0 radical (unpaired) electrons. The fourth-order valence-electron chi connectivity index (χ4n) is 3.19. The first-order chi connectivity index (χ1) is 12.5. The summed E-state index contributed by atoms with van der Waals surface area (Å²) >= 11 is 0. The summed E-state index contributed by atoms with van der Waals surface area (Å²) in [5.74, 6) is -1.49. The summed E-state index contributed by atoms with van der Waals surface area (Å²) in [5.41, 5.74) is -0.815. The minimum Gasteiger partial charge on any atom is -0.375 e. The van der Waals surface area contributed by atoms with Crippen molar-refractivity contribution in [3.8, 4) is 6.07 Å². The van der Waals surface area contributed by atoms with Crippen LogP contribution in [0.25, 0.3) is 0 Å². The molecule has 0 aromatic heterocycles. The standard InChI is InChI=1S/C20H17FN2O3/c21-15-9-7-14(8-10-15)18(24)13-20(26)16-5-1-2-6-17(16)23(19(20)25)12-4-3-11-22/h1-2,5-10,26H,3-4,12-13H2/t20-/m0/s1. The molecule has 0 unspecified atom stereocenters. The van der Waals surface area contributed by atoms with E-state index in [1.54, 1.807) is 24.3 Å². The molecule has 0 spiro atoms. The van der Waals surface area contributed by atoms with Crippen LogP contribution in [0, 0.1) is 17.1 Å². The second kappa shape index (κ2) is 7.06. The number of Topliss-reactive ketones (excluding diaryl/α,β-unsaturated/α-hetero) is 1. The number of hydrogen-bond donors (Lipinski definition) is 1. The second-order valence-electron chi connectivity index (χ2n) is 6.20. The number of benzene rings is 2. The maximum absolute atomic E-state index is 13.0. The third-order valence-corrected chi connectivity index (χ3v) is 4.49. The Labute approximate surface area is 150 Å². The number of ketones is 1. The number of fused-ring (bicyclic) bond motifs is 1. The molecule has 0 fully saturated rings. The van der Waals surface area contributed by atoms with Gasteiger partial charge in [0.1, 0.15) is 5.82 Å². The lowest BCUT2D eigenvalue weighted by molar-refractivity contribution is -0.135. The molecule has 5 nitrogen and oxygen atoms in total. The van der Waals surface area contributed by atoms with Crippen molar-refractivity contribution in [2.24, 2.45) is 0 Å². The SMILES string of the molecule is N#CCCCN1C(=O)[C@](O)(CC(=O)c2ccc(F)cc2)c2ccccc21. The Morgan fingerprint density at radius 3 is 2.58 bits per heavy atom. The van der Waals surface area contributed by atoms with Crippen LogP contribution in [0.1, 0.15) is 35.2 Å². The van der Waals surface area contributed by atoms with Crippen LogP contribution < -0.4 is 4.90 Å². The Morgan fingerprint density at radius 2 is 1.88 bits per heavy atom. The molecule has 1 atom stereocenters. The molecule has 0 bridgehead atoms. The summed E-state index contributed by atoms with van der Waals surface area (Å²) in [6.45, 7) is 0.288. The van der Waals surface area contributed by atoms with E-state index in [-0.39, 0.29) is 12.1 Å². The van der Waals surface area contributed by atoms with Crippen molar-refractivity contribution in [1.82, 2.24) is 0 Å². The number of carbonyl (C=O) groups is 2. The van der Waals surface area contributed by atoms with Gasteiger partial charge in [0, 0.05) is 24.1 Å². The third kappa shape index (κ3) is 3.09. The molecular formula is C20H17FN2O3. The Kier molecular flexibility index (Phi) is 4.83. The van der Waals surface area contributed by atoms with Crippen molar-refractivity contribution in [2.75, 3.05) is 11.4 Å². The van der Waals surface area contributed by atoms with Crippen molar-refractivity contribution in [2.45, 2.75) is 24.9 Å². The van der Waals surface area contributed by atoms with Gasteiger partial charge in [0.2, 0.25) is 0 Å². The van der Waals surface area contributed by atoms with Crippen molar-refractivity contribution in [3.63, 3.8) is 0 Å². The number of nitrogens with zero attached hydrogens (tertiary/aromatic N) is 2. The van der Waals surface area contributed by atoms with Gasteiger partial charge in [-0.2, -0.15) is 5.26 Å². The van der Waals surface area contributed by atoms with Gasteiger partial charge in [-0.1, -0.05) is 18.2 Å². The van der Waals surface area contributed by atoms with Crippen molar-refractivity contribution < 1.29 is 19.1 Å². The largest absolute Gasteiger partial charge is 0.375 e. The number of aliphatic hydroxyl groups is 1. The highest BCUT2D eigenvalue weighted by Gasteiger charge is 2.50. The molecule has 1 N–H and O–H groups in total.